The minimum atomic E-state index is -0.0117. The van der Waals surface area contributed by atoms with Crippen LogP contribution in [0.15, 0.2) is 22.6 Å². The van der Waals surface area contributed by atoms with E-state index in [2.05, 4.69) is 39.1 Å². The molecule has 1 fully saturated rings. The molecule has 3 rings (SSSR count). The van der Waals surface area contributed by atoms with Crippen LogP contribution in [0, 0.1) is 13.8 Å². The lowest BCUT2D eigenvalue weighted by Gasteiger charge is -2.38. The maximum absolute atomic E-state index is 12.7. The Bertz CT molecular complexity index is 656. The number of benzene rings is 1. The summed E-state index contributed by atoms with van der Waals surface area (Å²) in [6, 6.07) is 6.42. The van der Waals surface area contributed by atoms with E-state index in [9.17, 15) is 4.79 Å². The van der Waals surface area contributed by atoms with Crippen molar-refractivity contribution in [1.82, 2.24) is 10.2 Å². The first-order chi connectivity index (χ1) is 9.97. The summed E-state index contributed by atoms with van der Waals surface area (Å²) in [7, 11) is 0. The molecule has 0 aliphatic carbocycles. The van der Waals surface area contributed by atoms with Crippen molar-refractivity contribution in [3.63, 3.8) is 0 Å². The second kappa shape index (κ2) is 6.31. The SMILES string of the molecule is Cc1cc2cc(C(=O)N3CCNC(C)C3C)oc2cc1C.Cl. The summed E-state index contributed by atoms with van der Waals surface area (Å²) in [6.07, 6.45) is 0. The van der Waals surface area contributed by atoms with Crippen LogP contribution in [-0.4, -0.2) is 36.0 Å². The fourth-order valence-electron chi connectivity index (χ4n) is 2.89. The van der Waals surface area contributed by atoms with Gasteiger partial charge in [0.1, 0.15) is 5.58 Å². The number of aryl methyl sites for hydroxylation is 2. The molecule has 1 aromatic heterocycles. The Morgan fingerprint density at radius 3 is 2.64 bits per heavy atom. The molecule has 1 aliphatic heterocycles. The molecule has 0 spiro atoms. The summed E-state index contributed by atoms with van der Waals surface area (Å²) in [4.78, 5) is 14.6. The molecule has 120 valence electrons. The smallest absolute Gasteiger partial charge is 0.289 e. The zero-order valence-electron chi connectivity index (χ0n) is 13.5. The predicted octanol–water partition coefficient (Wildman–Crippen LogP) is 3.29. The minimum Gasteiger partial charge on any atom is -0.451 e. The Morgan fingerprint density at radius 2 is 1.91 bits per heavy atom. The molecule has 1 amide bonds. The molecular weight excluding hydrogens is 300 g/mol. The first-order valence-corrected chi connectivity index (χ1v) is 7.52. The molecule has 1 aromatic carbocycles. The van der Waals surface area contributed by atoms with E-state index in [1.807, 2.05) is 17.0 Å². The van der Waals surface area contributed by atoms with Gasteiger partial charge < -0.3 is 14.6 Å². The van der Waals surface area contributed by atoms with Gasteiger partial charge in [0, 0.05) is 30.6 Å². The molecule has 2 aromatic rings. The lowest BCUT2D eigenvalue weighted by Crippen LogP contribution is -2.57. The number of hydrogen-bond acceptors (Lipinski definition) is 3. The van der Waals surface area contributed by atoms with E-state index in [0.29, 0.717) is 11.8 Å². The van der Waals surface area contributed by atoms with Gasteiger partial charge in [0.2, 0.25) is 0 Å². The van der Waals surface area contributed by atoms with Gasteiger partial charge in [-0.05, 0) is 57.0 Å². The van der Waals surface area contributed by atoms with E-state index >= 15 is 0 Å². The molecule has 22 heavy (non-hydrogen) atoms. The molecule has 2 atom stereocenters. The Hall–Kier alpha value is -1.52. The second-order valence-corrected chi connectivity index (χ2v) is 6.07. The summed E-state index contributed by atoms with van der Waals surface area (Å²) in [5.74, 6) is 0.429. The molecule has 2 heterocycles. The number of carbonyl (C=O) groups excluding carboxylic acids is 1. The van der Waals surface area contributed by atoms with E-state index < -0.39 is 0 Å². The third kappa shape index (κ3) is 2.85. The van der Waals surface area contributed by atoms with Crippen molar-refractivity contribution >= 4 is 29.3 Å². The van der Waals surface area contributed by atoms with Crippen LogP contribution in [0.1, 0.15) is 35.5 Å². The maximum Gasteiger partial charge on any atom is 0.289 e. The van der Waals surface area contributed by atoms with Crippen molar-refractivity contribution < 1.29 is 9.21 Å². The highest BCUT2D eigenvalue weighted by Gasteiger charge is 2.30. The minimum absolute atomic E-state index is 0. The van der Waals surface area contributed by atoms with Gasteiger partial charge in [0.15, 0.2) is 5.76 Å². The maximum atomic E-state index is 12.7. The molecule has 1 aliphatic rings. The Kier molecular flexibility index (Phi) is 4.83. The quantitative estimate of drug-likeness (QED) is 0.876. The molecule has 1 N–H and O–H groups in total. The van der Waals surface area contributed by atoms with Gasteiger partial charge in [-0.25, -0.2) is 0 Å². The average molecular weight is 323 g/mol. The highest BCUT2D eigenvalue weighted by molar-refractivity contribution is 5.96. The zero-order chi connectivity index (χ0) is 15.1. The fraction of sp³-hybridized carbons (Fsp3) is 0.471. The van der Waals surface area contributed by atoms with Crippen LogP contribution in [0.5, 0.6) is 0 Å². The van der Waals surface area contributed by atoms with Crippen LogP contribution in [-0.2, 0) is 0 Å². The molecular formula is C17H23ClN2O2. The normalized spacial score (nSPS) is 21.7. The van der Waals surface area contributed by atoms with Crippen molar-refractivity contribution in [3.05, 3.63) is 35.1 Å². The molecule has 4 nitrogen and oxygen atoms in total. The molecule has 0 saturated carbocycles. The molecule has 1 saturated heterocycles. The van der Waals surface area contributed by atoms with Crippen molar-refractivity contribution in [2.75, 3.05) is 13.1 Å². The first kappa shape index (κ1) is 16.8. The fourth-order valence-corrected chi connectivity index (χ4v) is 2.89. The Labute approximate surface area is 137 Å². The topological polar surface area (TPSA) is 45.5 Å². The van der Waals surface area contributed by atoms with Crippen LogP contribution >= 0.6 is 12.4 Å². The van der Waals surface area contributed by atoms with Crippen LogP contribution in [0.4, 0.5) is 0 Å². The number of amides is 1. The van der Waals surface area contributed by atoms with Crippen molar-refractivity contribution in [2.45, 2.75) is 39.8 Å². The van der Waals surface area contributed by atoms with Crippen LogP contribution in [0.25, 0.3) is 11.0 Å². The van der Waals surface area contributed by atoms with Crippen molar-refractivity contribution in [1.29, 1.82) is 0 Å². The number of nitrogens with one attached hydrogen (secondary N) is 1. The summed E-state index contributed by atoms with van der Waals surface area (Å²) >= 11 is 0. The van der Waals surface area contributed by atoms with Gasteiger partial charge in [-0.1, -0.05) is 0 Å². The Morgan fingerprint density at radius 1 is 1.23 bits per heavy atom. The number of piperazine rings is 1. The number of rotatable bonds is 1. The summed E-state index contributed by atoms with van der Waals surface area (Å²) < 4.78 is 5.79. The highest BCUT2D eigenvalue weighted by Crippen LogP contribution is 2.25. The van der Waals surface area contributed by atoms with Gasteiger partial charge >= 0.3 is 0 Å². The first-order valence-electron chi connectivity index (χ1n) is 7.52. The summed E-state index contributed by atoms with van der Waals surface area (Å²) in [5, 5.41) is 4.38. The number of carbonyl (C=O) groups is 1. The number of halogens is 1. The molecule has 0 radical (unpaired) electrons. The Balaban J connectivity index is 0.00000176. The number of nitrogens with zero attached hydrogens (tertiary/aromatic N) is 1. The summed E-state index contributed by atoms with van der Waals surface area (Å²) in [6.45, 7) is 9.86. The van der Waals surface area contributed by atoms with E-state index in [-0.39, 0.29) is 24.4 Å². The standard InChI is InChI=1S/C17H22N2O2.ClH/c1-10-7-14-9-16(21-15(14)8-11(10)2)17(20)19-6-5-18-12(3)13(19)4;/h7-9,12-13,18H,5-6H2,1-4H3;1H. The number of hydrogen-bond donors (Lipinski definition) is 1. The largest absolute Gasteiger partial charge is 0.451 e. The van der Waals surface area contributed by atoms with Gasteiger partial charge in [0.05, 0.1) is 0 Å². The average Bonchev–Trinajstić information content (AvgIpc) is 2.84. The van der Waals surface area contributed by atoms with E-state index in [4.69, 9.17) is 4.42 Å². The highest BCUT2D eigenvalue weighted by atomic mass is 35.5. The van der Waals surface area contributed by atoms with Gasteiger partial charge in [-0.2, -0.15) is 0 Å². The van der Waals surface area contributed by atoms with Crippen molar-refractivity contribution in [2.24, 2.45) is 0 Å². The number of fused-ring (bicyclic) bond motifs is 1. The predicted molar refractivity (Wildman–Crippen MR) is 90.9 cm³/mol. The third-order valence-corrected chi connectivity index (χ3v) is 4.64. The summed E-state index contributed by atoms with van der Waals surface area (Å²) in [5.41, 5.74) is 3.18. The van der Waals surface area contributed by atoms with E-state index in [0.717, 1.165) is 24.1 Å². The number of furan rings is 1. The monoisotopic (exact) mass is 322 g/mol. The van der Waals surface area contributed by atoms with Crippen LogP contribution in [0.2, 0.25) is 0 Å². The van der Waals surface area contributed by atoms with Crippen LogP contribution in [0.3, 0.4) is 0 Å². The molecule has 0 bridgehead atoms. The lowest BCUT2D eigenvalue weighted by atomic mass is 10.1. The van der Waals surface area contributed by atoms with E-state index in [1.54, 1.807) is 0 Å². The van der Waals surface area contributed by atoms with Crippen molar-refractivity contribution in [3.8, 4) is 0 Å². The second-order valence-electron chi connectivity index (χ2n) is 6.07. The third-order valence-electron chi connectivity index (χ3n) is 4.64. The van der Waals surface area contributed by atoms with E-state index in [1.165, 1.54) is 11.1 Å². The molecule has 2 unspecified atom stereocenters. The lowest BCUT2D eigenvalue weighted by molar-refractivity contribution is 0.0573. The zero-order valence-corrected chi connectivity index (χ0v) is 14.3. The molecule has 5 heteroatoms. The van der Waals surface area contributed by atoms with Gasteiger partial charge in [0.25, 0.3) is 5.91 Å². The van der Waals surface area contributed by atoms with Crippen LogP contribution < -0.4 is 5.32 Å². The van der Waals surface area contributed by atoms with Gasteiger partial charge in [-0.3, -0.25) is 4.79 Å². The van der Waals surface area contributed by atoms with Gasteiger partial charge in [-0.15, -0.1) is 12.4 Å².